The number of nitrogen functional groups attached to an aromatic ring is 2. The maximum Gasteiger partial charge on any atom is 2.00 e. The van der Waals surface area contributed by atoms with Crippen molar-refractivity contribution in [1.82, 2.24) is 19.9 Å². The molecular formula is C8H25N6NiO9S+5. The maximum atomic E-state index is 8.52. The molecule has 0 saturated carbocycles. The Balaban J connectivity index is -0.0000000352. The Morgan fingerprint density at radius 2 is 0.840 bits per heavy atom. The van der Waals surface area contributed by atoms with Gasteiger partial charge in [-0.25, -0.2) is 19.9 Å². The second-order valence-electron chi connectivity index (χ2n) is 2.62. The molecule has 0 fully saturated rings. The van der Waals surface area contributed by atoms with Gasteiger partial charge in [0.15, 0.2) is 0 Å². The Kier molecular flexibility index (Phi) is 42.0. The molecule has 25 heavy (non-hydrogen) atoms. The van der Waals surface area contributed by atoms with Gasteiger partial charge in [-0.2, -0.15) is 0 Å². The fraction of sp³-hybridized carbons (Fsp3) is 0. The molecule has 2 rings (SSSR count). The predicted molar refractivity (Wildman–Crippen MR) is 87.7 cm³/mol. The number of hydrogen-bond acceptors (Lipinski definition) is 10. The van der Waals surface area contributed by atoms with Crippen molar-refractivity contribution in [3.8, 4) is 0 Å². The Bertz CT molecular complexity index is 519. The van der Waals surface area contributed by atoms with Crippen LogP contribution in [-0.2, 0) is 54.3 Å². The average molecular weight is 440 g/mol. The molecular weight excluding hydrogens is 415 g/mol. The van der Waals surface area contributed by atoms with E-state index in [4.69, 9.17) is 29.0 Å². The standard InChI is InChI=1S/2C4H5N3.Ni.H2O4S.5H2O/c2*5-4-6-2-1-3-7-4;;1-5(2,3)4;;;;;/h2*1-3H,(H2,5,6,7);;(H2,1,2,3,4);5*1H2/q;;+2;;;;;;/p+3. The van der Waals surface area contributed by atoms with E-state index in [1.165, 1.54) is 0 Å². The van der Waals surface area contributed by atoms with Crippen LogP contribution < -0.4 is 11.5 Å². The molecule has 0 spiro atoms. The van der Waals surface area contributed by atoms with Crippen LogP contribution in [0.4, 0.5) is 11.9 Å². The van der Waals surface area contributed by atoms with Gasteiger partial charge in [-0.15, -0.1) is 0 Å². The van der Waals surface area contributed by atoms with E-state index in [0.29, 0.717) is 11.9 Å². The van der Waals surface area contributed by atoms with Gasteiger partial charge in [0.1, 0.15) is 0 Å². The molecule has 15 nitrogen and oxygen atoms in total. The van der Waals surface area contributed by atoms with Crippen molar-refractivity contribution in [2.75, 3.05) is 11.5 Å². The van der Waals surface area contributed by atoms with Gasteiger partial charge >= 0.3 is 16.5 Å². The molecule has 2 aromatic rings. The number of nitrogens with two attached hydrogens (primary N) is 2. The van der Waals surface area contributed by atoms with E-state index >= 15 is 0 Å². The minimum Gasteiger partial charge on any atom is -0.759 e. The summed E-state index contributed by atoms with van der Waals surface area (Å²) < 4.78 is 34.1. The summed E-state index contributed by atoms with van der Waals surface area (Å²) in [4.78, 5) is 14.6. The minimum atomic E-state index is -5.17. The van der Waals surface area contributed by atoms with Crippen molar-refractivity contribution in [3.63, 3.8) is 0 Å². The van der Waals surface area contributed by atoms with E-state index < -0.39 is 10.4 Å². The van der Waals surface area contributed by atoms with Crippen LogP contribution in [0.25, 0.3) is 0 Å². The molecule has 0 bridgehead atoms. The quantitative estimate of drug-likeness (QED) is 0.169. The number of nitrogens with zero attached hydrogens (tertiary/aromatic N) is 4. The average Bonchev–Trinajstić information content (AvgIpc) is 2.29. The summed E-state index contributed by atoms with van der Waals surface area (Å²) >= 11 is 0. The third-order valence-corrected chi connectivity index (χ3v) is 1.17. The van der Waals surface area contributed by atoms with Gasteiger partial charge in [-0.3, -0.25) is 8.42 Å². The summed E-state index contributed by atoms with van der Waals surface area (Å²) in [5.41, 5.74) is 10.3. The van der Waals surface area contributed by atoms with E-state index in [0.717, 1.165) is 0 Å². The SMILES string of the molecule is Nc1ncccn1.Nc1ncccn1.O=S(=O)([O-])[O-].[Ni+2].[OH3+].[OH3+].[OH3+].[OH3+].[OH3+]. The third kappa shape index (κ3) is 44.9. The number of rotatable bonds is 0. The zero-order chi connectivity index (χ0) is 14.7. The van der Waals surface area contributed by atoms with E-state index in [9.17, 15) is 0 Å². The van der Waals surface area contributed by atoms with Crippen molar-refractivity contribution in [1.29, 1.82) is 0 Å². The van der Waals surface area contributed by atoms with Crippen LogP contribution in [0, 0.1) is 0 Å². The van der Waals surface area contributed by atoms with Gasteiger partial charge in [0, 0.05) is 35.2 Å². The smallest absolute Gasteiger partial charge is 0.759 e. The van der Waals surface area contributed by atoms with E-state index in [1.54, 1.807) is 36.9 Å². The van der Waals surface area contributed by atoms with Crippen LogP contribution in [0.1, 0.15) is 0 Å². The van der Waals surface area contributed by atoms with Crippen molar-refractivity contribution < 1.29 is 61.4 Å². The van der Waals surface area contributed by atoms with Gasteiger partial charge in [-0.1, -0.05) is 0 Å². The molecule has 0 aliphatic rings. The number of hydrogen-bond donors (Lipinski definition) is 2. The Labute approximate surface area is 152 Å². The maximum absolute atomic E-state index is 8.52. The summed E-state index contributed by atoms with van der Waals surface area (Å²) in [6, 6.07) is 3.44. The molecule has 0 aliphatic carbocycles. The van der Waals surface area contributed by atoms with Crippen molar-refractivity contribution >= 4 is 22.3 Å². The summed E-state index contributed by atoms with van der Waals surface area (Å²) in [6.45, 7) is 0. The molecule has 152 valence electrons. The van der Waals surface area contributed by atoms with E-state index in [-0.39, 0.29) is 43.9 Å². The Hall–Kier alpha value is -2.08. The van der Waals surface area contributed by atoms with Crippen LogP contribution in [0.5, 0.6) is 0 Å². The first kappa shape index (κ1) is 43.5. The molecule has 19 N–H and O–H groups in total. The van der Waals surface area contributed by atoms with Crippen LogP contribution >= 0.6 is 0 Å². The Morgan fingerprint density at radius 1 is 0.680 bits per heavy atom. The molecule has 0 saturated heterocycles. The fourth-order valence-electron chi connectivity index (χ4n) is 0.621. The molecule has 0 aliphatic heterocycles. The second kappa shape index (κ2) is 24.2. The van der Waals surface area contributed by atoms with Crippen molar-refractivity contribution in [2.24, 2.45) is 0 Å². The largest absolute Gasteiger partial charge is 2.00 e. The van der Waals surface area contributed by atoms with Crippen molar-refractivity contribution in [2.45, 2.75) is 0 Å². The Morgan fingerprint density at radius 3 is 0.920 bits per heavy atom. The minimum absolute atomic E-state index is 0. The molecule has 2 heterocycles. The van der Waals surface area contributed by atoms with Gasteiger partial charge in [0.2, 0.25) is 11.9 Å². The molecule has 0 aromatic carbocycles. The molecule has 2 aromatic heterocycles. The number of aromatic nitrogens is 4. The van der Waals surface area contributed by atoms with Crippen LogP contribution in [0.15, 0.2) is 36.9 Å². The van der Waals surface area contributed by atoms with E-state index in [1.807, 2.05) is 0 Å². The topological polar surface area (TPSA) is 349 Å². The molecule has 0 atom stereocenters. The molecule has 0 unspecified atom stereocenters. The second-order valence-corrected chi connectivity index (χ2v) is 3.44. The zero-order valence-electron chi connectivity index (χ0n) is 12.7. The zero-order valence-corrected chi connectivity index (χ0v) is 14.5. The monoisotopic (exact) mass is 439 g/mol. The summed E-state index contributed by atoms with van der Waals surface area (Å²) in [7, 11) is -5.17. The molecule has 0 amide bonds. The van der Waals surface area contributed by atoms with Crippen molar-refractivity contribution in [3.05, 3.63) is 36.9 Å². The first-order chi connectivity index (χ1) is 8.79. The summed E-state index contributed by atoms with van der Waals surface area (Å²) in [5, 5.41) is 0. The van der Waals surface area contributed by atoms with Gasteiger partial charge in [-0.05, 0) is 12.1 Å². The summed E-state index contributed by atoms with van der Waals surface area (Å²) in [5.74, 6) is 0.644. The van der Waals surface area contributed by atoms with Crippen LogP contribution in [0.3, 0.4) is 0 Å². The van der Waals surface area contributed by atoms with Crippen LogP contribution in [-0.4, -0.2) is 37.5 Å². The summed E-state index contributed by atoms with van der Waals surface area (Å²) in [6.07, 6.45) is 6.40. The number of anilines is 2. The first-order valence-corrected chi connectivity index (χ1v) is 5.84. The van der Waals surface area contributed by atoms with Gasteiger partial charge in [0.25, 0.3) is 0 Å². The third-order valence-electron chi connectivity index (χ3n) is 1.17. The van der Waals surface area contributed by atoms with Gasteiger partial charge in [0.05, 0.1) is 0 Å². The fourth-order valence-corrected chi connectivity index (χ4v) is 0.621. The molecule has 0 radical (unpaired) electrons. The first-order valence-electron chi connectivity index (χ1n) is 4.50. The normalized spacial score (nSPS) is 7.12. The molecule has 17 heteroatoms. The predicted octanol–water partition coefficient (Wildman–Crippen LogP) is -5.83. The van der Waals surface area contributed by atoms with Gasteiger partial charge < -0.3 is 48.0 Å². The van der Waals surface area contributed by atoms with Crippen LogP contribution in [0.2, 0.25) is 0 Å². The van der Waals surface area contributed by atoms with E-state index in [2.05, 4.69) is 19.9 Å².